The SMILES string of the molecule is O=C1/C(=C\c2ccc(N(c3ccc4ccccc4c3)c3ccccn3)s2)C(O)c2cc3ccccc3cc21. The molecular weight excluding hydrogens is 488 g/mol. The number of benzene rings is 4. The highest BCUT2D eigenvalue weighted by atomic mass is 32.1. The van der Waals surface area contributed by atoms with E-state index in [2.05, 4.69) is 40.2 Å². The first-order valence-corrected chi connectivity index (χ1v) is 13.2. The van der Waals surface area contributed by atoms with Crippen LogP contribution in [0, 0.1) is 0 Å². The highest BCUT2D eigenvalue weighted by Gasteiger charge is 2.33. The van der Waals surface area contributed by atoms with E-state index < -0.39 is 6.10 Å². The van der Waals surface area contributed by atoms with Gasteiger partial charge >= 0.3 is 0 Å². The Morgan fingerprint density at radius 2 is 1.47 bits per heavy atom. The Labute approximate surface area is 223 Å². The average molecular weight is 511 g/mol. The average Bonchev–Trinajstić information content (AvgIpc) is 3.51. The molecule has 0 saturated carbocycles. The topological polar surface area (TPSA) is 53.4 Å². The van der Waals surface area contributed by atoms with Crippen LogP contribution in [0.2, 0.25) is 0 Å². The van der Waals surface area contributed by atoms with Crippen molar-refractivity contribution in [1.29, 1.82) is 0 Å². The second kappa shape index (κ2) is 9.06. The summed E-state index contributed by atoms with van der Waals surface area (Å²) in [5, 5.41) is 16.4. The second-order valence-electron chi connectivity index (χ2n) is 9.35. The molecule has 5 heteroatoms. The van der Waals surface area contributed by atoms with Crippen LogP contribution >= 0.6 is 11.3 Å². The van der Waals surface area contributed by atoms with Crippen LogP contribution in [0.5, 0.6) is 0 Å². The van der Waals surface area contributed by atoms with Crippen LogP contribution in [0.25, 0.3) is 27.6 Å². The fraction of sp³-hybridized carbons (Fsp3) is 0.0303. The zero-order valence-corrected chi connectivity index (χ0v) is 21.1. The number of rotatable bonds is 4. The quantitative estimate of drug-likeness (QED) is 0.243. The molecule has 0 radical (unpaired) electrons. The molecule has 1 aliphatic carbocycles. The van der Waals surface area contributed by atoms with E-state index in [0.717, 1.165) is 37.5 Å². The van der Waals surface area contributed by atoms with Crippen molar-refractivity contribution in [2.45, 2.75) is 6.10 Å². The predicted octanol–water partition coefficient (Wildman–Crippen LogP) is 8.23. The highest BCUT2D eigenvalue weighted by Crippen LogP contribution is 2.42. The van der Waals surface area contributed by atoms with E-state index in [1.807, 2.05) is 84.9 Å². The maximum absolute atomic E-state index is 13.3. The summed E-state index contributed by atoms with van der Waals surface area (Å²) in [6.45, 7) is 0. The first-order chi connectivity index (χ1) is 18.7. The summed E-state index contributed by atoms with van der Waals surface area (Å²) in [4.78, 5) is 21.0. The summed E-state index contributed by atoms with van der Waals surface area (Å²) in [5.74, 6) is 0.684. The summed E-state index contributed by atoms with van der Waals surface area (Å²) in [7, 11) is 0. The molecule has 38 heavy (non-hydrogen) atoms. The number of aromatic nitrogens is 1. The molecule has 0 saturated heterocycles. The molecule has 1 atom stereocenters. The number of pyridine rings is 1. The van der Waals surface area contributed by atoms with Gasteiger partial charge in [-0.2, -0.15) is 0 Å². The van der Waals surface area contributed by atoms with Gasteiger partial charge in [-0.15, -0.1) is 11.3 Å². The van der Waals surface area contributed by atoms with E-state index in [0.29, 0.717) is 16.7 Å². The first kappa shape index (κ1) is 22.6. The number of carbonyl (C=O) groups excluding carboxylic acids is 1. The lowest BCUT2D eigenvalue weighted by Gasteiger charge is -2.22. The van der Waals surface area contributed by atoms with Crippen LogP contribution in [0.3, 0.4) is 0 Å². The molecule has 1 unspecified atom stereocenters. The van der Waals surface area contributed by atoms with Crippen molar-refractivity contribution in [2.75, 3.05) is 4.90 Å². The fourth-order valence-electron chi connectivity index (χ4n) is 5.14. The van der Waals surface area contributed by atoms with Crippen LogP contribution in [-0.2, 0) is 0 Å². The Balaban J connectivity index is 1.29. The maximum Gasteiger partial charge on any atom is 0.192 e. The van der Waals surface area contributed by atoms with Gasteiger partial charge in [0.05, 0.1) is 0 Å². The summed E-state index contributed by atoms with van der Waals surface area (Å²) in [6, 6.07) is 36.3. The first-order valence-electron chi connectivity index (χ1n) is 12.4. The highest BCUT2D eigenvalue weighted by molar-refractivity contribution is 7.17. The number of hydrogen-bond donors (Lipinski definition) is 1. The van der Waals surface area contributed by atoms with Gasteiger partial charge in [0.2, 0.25) is 0 Å². The van der Waals surface area contributed by atoms with E-state index in [9.17, 15) is 9.90 Å². The van der Waals surface area contributed by atoms with E-state index >= 15 is 0 Å². The third-order valence-electron chi connectivity index (χ3n) is 7.01. The van der Waals surface area contributed by atoms with Gasteiger partial charge in [0.15, 0.2) is 5.78 Å². The Morgan fingerprint density at radius 3 is 2.24 bits per heavy atom. The molecule has 6 aromatic rings. The van der Waals surface area contributed by atoms with Gasteiger partial charge in [-0.25, -0.2) is 4.98 Å². The molecule has 182 valence electrons. The number of carbonyl (C=O) groups is 1. The monoisotopic (exact) mass is 510 g/mol. The largest absolute Gasteiger partial charge is 0.383 e. The second-order valence-corrected chi connectivity index (χ2v) is 10.4. The normalized spacial score (nSPS) is 15.9. The number of aliphatic hydroxyl groups is 1. The van der Waals surface area contributed by atoms with Crippen LogP contribution in [0.15, 0.2) is 121 Å². The molecule has 2 heterocycles. The van der Waals surface area contributed by atoms with Crippen molar-refractivity contribution in [3.8, 4) is 0 Å². The van der Waals surface area contributed by atoms with Gasteiger partial charge in [0, 0.05) is 27.9 Å². The van der Waals surface area contributed by atoms with Gasteiger partial charge < -0.3 is 5.11 Å². The molecule has 0 amide bonds. The molecule has 4 nitrogen and oxygen atoms in total. The molecule has 0 bridgehead atoms. The molecule has 2 aromatic heterocycles. The van der Waals surface area contributed by atoms with Gasteiger partial charge in [-0.1, -0.05) is 60.7 Å². The summed E-state index contributed by atoms with van der Waals surface area (Å²) >= 11 is 1.55. The number of thiophene rings is 1. The lowest BCUT2D eigenvalue weighted by molar-refractivity contribution is 0.102. The van der Waals surface area contributed by atoms with Crippen molar-refractivity contribution in [2.24, 2.45) is 0 Å². The lowest BCUT2D eigenvalue weighted by Crippen LogP contribution is -2.09. The Morgan fingerprint density at radius 1 is 0.763 bits per heavy atom. The third-order valence-corrected chi connectivity index (χ3v) is 8.03. The number of ketones is 1. The number of fused-ring (bicyclic) bond motifs is 3. The van der Waals surface area contributed by atoms with Crippen molar-refractivity contribution in [3.05, 3.63) is 137 Å². The standard InChI is InChI=1S/C33H22N2O2S/c36-32-27-18-23-9-3-4-10-24(23)19-28(27)33(37)29(32)20-26-14-15-31(38-26)35(30-11-5-6-16-34-30)25-13-12-21-7-1-2-8-22(21)17-25/h1-20,32,36H/b29-20-. The van der Waals surface area contributed by atoms with E-state index in [-0.39, 0.29) is 5.78 Å². The number of hydrogen-bond acceptors (Lipinski definition) is 5. The van der Waals surface area contributed by atoms with Crippen LogP contribution in [0.1, 0.15) is 26.9 Å². The zero-order valence-electron chi connectivity index (χ0n) is 20.3. The Kier molecular flexibility index (Phi) is 5.39. The minimum absolute atomic E-state index is 0.121. The summed E-state index contributed by atoms with van der Waals surface area (Å²) in [5.41, 5.74) is 2.65. The minimum Gasteiger partial charge on any atom is -0.383 e. The summed E-state index contributed by atoms with van der Waals surface area (Å²) in [6.07, 6.45) is 2.66. The van der Waals surface area contributed by atoms with Crippen LogP contribution < -0.4 is 4.90 Å². The van der Waals surface area contributed by atoms with E-state index in [4.69, 9.17) is 0 Å². The van der Waals surface area contributed by atoms with Crippen molar-refractivity contribution in [1.82, 2.24) is 4.98 Å². The molecule has 0 aliphatic heterocycles. The molecule has 7 rings (SSSR count). The number of anilines is 3. The lowest BCUT2D eigenvalue weighted by atomic mass is 10.0. The number of Topliss-reactive ketones (excluding diaryl/α,β-unsaturated/α-hetero) is 1. The van der Waals surface area contributed by atoms with Crippen LogP contribution in [0.4, 0.5) is 16.5 Å². The molecule has 1 aliphatic rings. The fourth-order valence-corrected chi connectivity index (χ4v) is 6.13. The van der Waals surface area contributed by atoms with E-state index in [1.165, 1.54) is 5.39 Å². The van der Waals surface area contributed by atoms with Gasteiger partial charge in [-0.05, 0) is 81.7 Å². The summed E-state index contributed by atoms with van der Waals surface area (Å²) < 4.78 is 0. The van der Waals surface area contributed by atoms with Crippen molar-refractivity contribution < 1.29 is 9.90 Å². The van der Waals surface area contributed by atoms with Gasteiger partial charge in [0.1, 0.15) is 16.9 Å². The molecule has 1 N–H and O–H groups in total. The number of aliphatic hydroxyl groups excluding tert-OH is 1. The predicted molar refractivity (Wildman–Crippen MR) is 156 cm³/mol. The van der Waals surface area contributed by atoms with E-state index in [1.54, 1.807) is 17.5 Å². The van der Waals surface area contributed by atoms with Gasteiger partial charge in [0.25, 0.3) is 0 Å². The third kappa shape index (κ3) is 3.80. The Bertz CT molecular complexity index is 1870. The smallest absolute Gasteiger partial charge is 0.192 e. The molecule has 0 fully saturated rings. The number of nitrogens with zero attached hydrogens (tertiary/aromatic N) is 2. The minimum atomic E-state index is -0.944. The van der Waals surface area contributed by atoms with Gasteiger partial charge in [-0.3, -0.25) is 9.69 Å². The van der Waals surface area contributed by atoms with Crippen molar-refractivity contribution >= 4 is 61.2 Å². The van der Waals surface area contributed by atoms with Crippen LogP contribution in [-0.4, -0.2) is 15.9 Å². The maximum atomic E-state index is 13.3. The molecular formula is C33H22N2O2S. The molecule has 4 aromatic carbocycles. The molecule has 0 spiro atoms. The zero-order chi connectivity index (χ0) is 25.6. The Hall–Kier alpha value is -4.58. The van der Waals surface area contributed by atoms with Crippen molar-refractivity contribution in [3.63, 3.8) is 0 Å².